The van der Waals surface area contributed by atoms with E-state index in [1.54, 1.807) is 17.9 Å². The number of nitrogens with one attached hydrogen (secondary N) is 1. The maximum absolute atomic E-state index is 12.1. The molecule has 0 aromatic carbocycles. The Morgan fingerprint density at radius 1 is 1.41 bits per heavy atom. The molecule has 1 aromatic rings. The predicted molar refractivity (Wildman–Crippen MR) is 67.4 cm³/mol. The molecule has 0 bridgehead atoms. The lowest BCUT2D eigenvalue weighted by molar-refractivity contribution is 0.535. The lowest BCUT2D eigenvalue weighted by Crippen LogP contribution is -2.27. The second-order valence-electron chi connectivity index (χ2n) is 5.16. The van der Waals surface area contributed by atoms with Crippen LogP contribution in [-0.4, -0.2) is 24.7 Å². The van der Waals surface area contributed by atoms with Crippen molar-refractivity contribution in [3.8, 4) is 0 Å². The quantitative estimate of drug-likeness (QED) is 0.889. The van der Waals surface area contributed by atoms with Crippen LogP contribution in [-0.2, 0) is 22.5 Å². The van der Waals surface area contributed by atoms with Crippen LogP contribution in [0.3, 0.4) is 0 Å². The molecule has 0 aliphatic carbocycles. The van der Waals surface area contributed by atoms with Crippen molar-refractivity contribution >= 4 is 10.0 Å². The third-order valence-corrected chi connectivity index (χ3v) is 3.80. The van der Waals surface area contributed by atoms with Crippen LogP contribution in [0.2, 0.25) is 0 Å². The van der Waals surface area contributed by atoms with Gasteiger partial charge in [-0.05, 0) is 6.42 Å². The van der Waals surface area contributed by atoms with Crippen LogP contribution < -0.4 is 4.72 Å². The number of aryl methyl sites for hydroxylation is 1. The maximum Gasteiger partial charge on any atom is 0.243 e. The third-order valence-electron chi connectivity index (χ3n) is 2.34. The molecule has 6 heteroatoms. The Labute approximate surface area is 103 Å². The number of sulfonamides is 1. The van der Waals surface area contributed by atoms with Crippen LogP contribution in [0, 0.1) is 0 Å². The SMILES string of the molecule is CCCNS(=O)(=O)c1cn(C)nc1C(C)(C)C. The van der Waals surface area contributed by atoms with Gasteiger partial charge >= 0.3 is 0 Å². The van der Waals surface area contributed by atoms with Crippen molar-refractivity contribution in [1.29, 1.82) is 0 Å². The van der Waals surface area contributed by atoms with E-state index < -0.39 is 10.0 Å². The molecular formula is C11H21N3O2S. The Bertz CT molecular complexity index is 483. The minimum absolute atomic E-state index is 0.279. The fourth-order valence-corrected chi connectivity index (χ4v) is 3.02. The van der Waals surface area contributed by atoms with E-state index in [-0.39, 0.29) is 10.3 Å². The molecular weight excluding hydrogens is 238 g/mol. The fourth-order valence-electron chi connectivity index (χ4n) is 1.50. The Kier molecular flexibility index (Phi) is 3.99. The van der Waals surface area contributed by atoms with Crippen LogP contribution in [0.1, 0.15) is 39.8 Å². The summed E-state index contributed by atoms with van der Waals surface area (Å²) in [6, 6.07) is 0. The molecule has 1 rings (SSSR count). The first-order chi connectivity index (χ1) is 7.68. The lowest BCUT2D eigenvalue weighted by Gasteiger charge is -2.17. The van der Waals surface area contributed by atoms with Crippen LogP contribution in [0.15, 0.2) is 11.1 Å². The van der Waals surface area contributed by atoms with E-state index in [1.165, 1.54) is 0 Å². The standard InChI is InChI=1S/C11H21N3O2S/c1-6-7-12-17(15,16)9-8-14(5)13-10(9)11(2,3)4/h8,12H,6-7H2,1-5H3. The van der Waals surface area contributed by atoms with E-state index in [2.05, 4.69) is 9.82 Å². The van der Waals surface area contributed by atoms with Crippen LogP contribution in [0.25, 0.3) is 0 Å². The van der Waals surface area contributed by atoms with Crippen molar-refractivity contribution in [3.05, 3.63) is 11.9 Å². The molecule has 98 valence electrons. The number of aromatic nitrogens is 2. The van der Waals surface area contributed by atoms with Crippen molar-refractivity contribution in [2.24, 2.45) is 7.05 Å². The van der Waals surface area contributed by atoms with Gasteiger partial charge in [0.25, 0.3) is 0 Å². The fraction of sp³-hybridized carbons (Fsp3) is 0.727. The zero-order valence-corrected chi connectivity index (χ0v) is 11.9. The van der Waals surface area contributed by atoms with Crippen molar-refractivity contribution in [3.63, 3.8) is 0 Å². The predicted octanol–water partition coefficient (Wildman–Crippen LogP) is 1.41. The molecule has 1 aromatic heterocycles. The summed E-state index contributed by atoms with van der Waals surface area (Å²) >= 11 is 0. The summed E-state index contributed by atoms with van der Waals surface area (Å²) in [5, 5.41) is 4.25. The first-order valence-electron chi connectivity index (χ1n) is 5.72. The minimum atomic E-state index is -3.45. The highest BCUT2D eigenvalue weighted by molar-refractivity contribution is 7.89. The minimum Gasteiger partial charge on any atom is -0.274 e. The topological polar surface area (TPSA) is 64.0 Å². The van der Waals surface area contributed by atoms with Gasteiger partial charge in [0, 0.05) is 25.2 Å². The second-order valence-corrected chi connectivity index (χ2v) is 6.90. The van der Waals surface area contributed by atoms with E-state index in [0.29, 0.717) is 12.2 Å². The van der Waals surface area contributed by atoms with Gasteiger partial charge in [-0.3, -0.25) is 4.68 Å². The number of nitrogens with zero attached hydrogens (tertiary/aromatic N) is 2. The Morgan fingerprint density at radius 3 is 2.47 bits per heavy atom. The Hall–Kier alpha value is -0.880. The summed E-state index contributed by atoms with van der Waals surface area (Å²) in [5.74, 6) is 0. The first kappa shape index (κ1) is 14.2. The van der Waals surface area contributed by atoms with Crippen molar-refractivity contribution in [2.45, 2.75) is 44.4 Å². The maximum atomic E-state index is 12.1. The molecule has 0 saturated carbocycles. The lowest BCUT2D eigenvalue weighted by atomic mass is 9.92. The largest absolute Gasteiger partial charge is 0.274 e. The van der Waals surface area contributed by atoms with Crippen LogP contribution >= 0.6 is 0 Å². The van der Waals surface area contributed by atoms with Crippen LogP contribution in [0.4, 0.5) is 0 Å². The summed E-state index contributed by atoms with van der Waals surface area (Å²) in [6.45, 7) is 8.23. The van der Waals surface area contributed by atoms with Gasteiger partial charge in [-0.15, -0.1) is 0 Å². The van der Waals surface area contributed by atoms with Gasteiger partial charge in [-0.25, -0.2) is 13.1 Å². The average molecular weight is 259 g/mol. The molecule has 5 nitrogen and oxygen atoms in total. The summed E-state index contributed by atoms with van der Waals surface area (Å²) in [5.41, 5.74) is 0.306. The molecule has 0 aliphatic heterocycles. The molecule has 0 unspecified atom stereocenters. The number of hydrogen-bond acceptors (Lipinski definition) is 3. The number of rotatable bonds is 4. The summed E-state index contributed by atoms with van der Waals surface area (Å²) in [4.78, 5) is 0.279. The van der Waals surface area contributed by atoms with Gasteiger partial charge in [0.15, 0.2) is 0 Å². The van der Waals surface area contributed by atoms with E-state index in [0.717, 1.165) is 6.42 Å². The highest BCUT2D eigenvalue weighted by atomic mass is 32.2. The molecule has 0 fully saturated rings. The zero-order chi connectivity index (χ0) is 13.3. The number of hydrogen-bond donors (Lipinski definition) is 1. The summed E-state index contributed by atoms with van der Waals surface area (Å²) in [6.07, 6.45) is 2.32. The van der Waals surface area contributed by atoms with Gasteiger partial charge in [0.05, 0.1) is 5.69 Å². The van der Waals surface area contributed by atoms with Crippen molar-refractivity contribution in [2.75, 3.05) is 6.54 Å². The molecule has 0 radical (unpaired) electrons. The highest BCUT2D eigenvalue weighted by Crippen LogP contribution is 2.27. The van der Waals surface area contributed by atoms with E-state index in [4.69, 9.17) is 0 Å². The van der Waals surface area contributed by atoms with Gasteiger partial charge in [-0.1, -0.05) is 27.7 Å². The third kappa shape index (κ3) is 3.29. The van der Waals surface area contributed by atoms with Gasteiger partial charge in [-0.2, -0.15) is 5.10 Å². The van der Waals surface area contributed by atoms with Crippen molar-refractivity contribution < 1.29 is 8.42 Å². The van der Waals surface area contributed by atoms with Crippen molar-refractivity contribution in [1.82, 2.24) is 14.5 Å². The molecule has 1 N–H and O–H groups in total. The molecule has 0 spiro atoms. The highest BCUT2D eigenvalue weighted by Gasteiger charge is 2.28. The van der Waals surface area contributed by atoms with Gasteiger partial charge in [0.1, 0.15) is 4.90 Å². The first-order valence-corrected chi connectivity index (χ1v) is 7.20. The second kappa shape index (κ2) is 4.78. The van der Waals surface area contributed by atoms with E-state index in [9.17, 15) is 8.42 Å². The van der Waals surface area contributed by atoms with Gasteiger partial charge in [0.2, 0.25) is 10.0 Å². The van der Waals surface area contributed by atoms with Crippen LogP contribution in [0.5, 0.6) is 0 Å². The van der Waals surface area contributed by atoms with Gasteiger partial charge < -0.3 is 0 Å². The molecule has 0 atom stereocenters. The van der Waals surface area contributed by atoms with E-state index >= 15 is 0 Å². The molecule has 0 aliphatic rings. The smallest absolute Gasteiger partial charge is 0.243 e. The normalized spacial score (nSPS) is 13.0. The zero-order valence-electron chi connectivity index (χ0n) is 11.1. The Balaban J connectivity index is 3.22. The molecule has 1 heterocycles. The molecule has 0 amide bonds. The monoisotopic (exact) mass is 259 g/mol. The molecule has 0 saturated heterocycles. The summed E-state index contributed by atoms with van der Waals surface area (Å²) in [7, 11) is -1.72. The summed E-state index contributed by atoms with van der Waals surface area (Å²) < 4.78 is 28.3. The molecule has 17 heavy (non-hydrogen) atoms. The Morgan fingerprint density at radius 2 is 2.00 bits per heavy atom. The average Bonchev–Trinajstić information content (AvgIpc) is 2.57. The van der Waals surface area contributed by atoms with E-state index in [1.807, 2.05) is 27.7 Å².